The molecule has 0 saturated carbocycles. The summed E-state index contributed by atoms with van der Waals surface area (Å²) in [5.41, 5.74) is 12.1. The molecule has 0 nitrogen and oxygen atoms in total. The zero-order chi connectivity index (χ0) is 22.4. The van der Waals surface area contributed by atoms with E-state index in [9.17, 15) is 0 Å². The van der Waals surface area contributed by atoms with E-state index in [1.165, 1.54) is 33.4 Å². The van der Waals surface area contributed by atoms with Crippen LogP contribution in [0.4, 0.5) is 0 Å². The van der Waals surface area contributed by atoms with E-state index in [0.717, 1.165) is 6.42 Å². The molecule has 2 aromatic carbocycles. The topological polar surface area (TPSA) is 0 Å². The predicted molar refractivity (Wildman–Crippen MR) is 141 cm³/mol. The quantitative estimate of drug-likeness (QED) is 0.505. The highest BCUT2D eigenvalue weighted by atomic mass is 28.3. The van der Waals surface area contributed by atoms with Gasteiger partial charge in [0, 0.05) is 5.04 Å². The summed E-state index contributed by atoms with van der Waals surface area (Å²) in [6.07, 6.45) is 1.15. The van der Waals surface area contributed by atoms with Crippen LogP contribution in [0.1, 0.15) is 49.9 Å². The van der Waals surface area contributed by atoms with E-state index < -0.39 is 17.6 Å². The van der Waals surface area contributed by atoms with Crippen LogP contribution in [0.5, 0.6) is 0 Å². The lowest BCUT2D eigenvalue weighted by Gasteiger charge is -2.35. The van der Waals surface area contributed by atoms with Crippen molar-refractivity contribution < 1.29 is 0 Å². The molecule has 1 aliphatic rings. The Hall–Kier alpha value is -1.65. The Morgan fingerprint density at radius 3 is 1.90 bits per heavy atom. The second-order valence-electron chi connectivity index (χ2n) is 10.8. The molecule has 0 radical (unpaired) electrons. The lowest BCUT2D eigenvalue weighted by molar-refractivity contribution is 0.732. The van der Waals surface area contributed by atoms with Gasteiger partial charge >= 0.3 is 0 Å². The van der Waals surface area contributed by atoms with Gasteiger partial charge in [-0.3, -0.25) is 0 Å². The number of rotatable bonds is 5. The Kier molecular flexibility index (Phi) is 6.24. The van der Waals surface area contributed by atoms with E-state index in [0.29, 0.717) is 0 Å². The van der Waals surface area contributed by atoms with Crippen molar-refractivity contribution >= 4 is 28.0 Å². The highest BCUT2D eigenvalue weighted by Crippen LogP contribution is 2.54. The molecule has 0 bridgehead atoms. The second-order valence-corrected chi connectivity index (χ2v) is 18.3. The number of hydrogen-bond acceptors (Lipinski definition) is 0. The van der Waals surface area contributed by atoms with Gasteiger partial charge in [0.25, 0.3) is 0 Å². The molecular formula is C28H40Si2. The third-order valence-corrected chi connectivity index (χ3v) is 12.4. The maximum absolute atomic E-state index is 2.58. The van der Waals surface area contributed by atoms with Crippen molar-refractivity contribution in [3.05, 3.63) is 80.9 Å². The third-order valence-electron chi connectivity index (χ3n) is 7.63. The first-order valence-corrected chi connectivity index (χ1v) is 16.3. The van der Waals surface area contributed by atoms with Crippen molar-refractivity contribution in [1.82, 2.24) is 0 Å². The molecule has 0 atom stereocenters. The molecule has 0 N–H and O–H groups in total. The molecule has 2 aromatic rings. The molecule has 0 unspecified atom stereocenters. The van der Waals surface area contributed by atoms with Crippen LogP contribution in [0.25, 0.3) is 0 Å². The first kappa shape index (κ1) is 23.0. The molecule has 0 saturated heterocycles. The summed E-state index contributed by atoms with van der Waals surface area (Å²) in [6.45, 7) is 23.7. The smallest absolute Gasteiger partial charge is 0.0656 e. The fourth-order valence-electron chi connectivity index (χ4n) is 5.22. The largest absolute Gasteiger partial charge is 0.0775 e. The van der Waals surface area contributed by atoms with Crippen LogP contribution >= 0.6 is 0 Å². The van der Waals surface area contributed by atoms with Gasteiger partial charge < -0.3 is 0 Å². The van der Waals surface area contributed by atoms with E-state index in [4.69, 9.17) is 0 Å². The SMILES string of the molecule is CC1=C(C)C(Cc2cc(C)ccc2C)([SiH2]c2cc(C)cc([Si](C)(C)C)c2)C(C)=C1C. The Labute approximate surface area is 188 Å². The first-order chi connectivity index (χ1) is 13.8. The number of hydrogen-bond donors (Lipinski definition) is 0. The second kappa shape index (κ2) is 8.13. The van der Waals surface area contributed by atoms with Crippen LogP contribution in [0.15, 0.2) is 58.7 Å². The Morgan fingerprint density at radius 1 is 0.733 bits per heavy atom. The molecule has 160 valence electrons. The number of benzene rings is 2. The van der Waals surface area contributed by atoms with Crippen LogP contribution in [-0.2, 0) is 6.42 Å². The summed E-state index contributed by atoms with van der Waals surface area (Å²) in [7, 11) is -1.90. The van der Waals surface area contributed by atoms with Gasteiger partial charge in [0.15, 0.2) is 0 Å². The van der Waals surface area contributed by atoms with Crippen LogP contribution in [-0.4, -0.2) is 17.6 Å². The van der Waals surface area contributed by atoms with Gasteiger partial charge in [-0.15, -0.1) is 0 Å². The molecule has 0 heterocycles. The van der Waals surface area contributed by atoms with Gasteiger partial charge in [0.2, 0.25) is 0 Å². The van der Waals surface area contributed by atoms with Gasteiger partial charge in [0.1, 0.15) is 0 Å². The fourth-order valence-corrected chi connectivity index (χ4v) is 9.60. The highest BCUT2D eigenvalue weighted by Gasteiger charge is 2.41. The summed E-state index contributed by atoms with van der Waals surface area (Å²) in [4.78, 5) is 0. The average Bonchev–Trinajstić information content (AvgIpc) is 2.80. The van der Waals surface area contributed by atoms with Crippen molar-refractivity contribution in [2.45, 2.75) is 79.6 Å². The molecule has 0 amide bonds. The summed E-state index contributed by atoms with van der Waals surface area (Å²) < 4.78 is 0. The Bertz CT molecular complexity index is 1020. The molecule has 3 rings (SSSR count). The molecule has 30 heavy (non-hydrogen) atoms. The molecule has 2 heteroatoms. The van der Waals surface area contributed by atoms with Crippen LogP contribution in [0.2, 0.25) is 24.7 Å². The molecule has 0 spiro atoms. The predicted octanol–water partition coefficient (Wildman–Crippen LogP) is 6.04. The summed E-state index contributed by atoms with van der Waals surface area (Å²) in [5.74, 6) is 0. The minimum Gasteiger partial charge on any atom is -0.0656 e. The van der Waals surface area contributed by atoms with Crippen molar-refractivity contribution in [1.29, 1.82) is 0 Å². The van der Waals surface area contributed by atoms with E-state index in [1.54, 1.807) is 21.5 Å². The normalized spacial score (nSPS) is 17.0. The maximum Gasteiger partial charge on any atom is 0.0775 e. The van der Waals surface area contributed by atoms with Gasteiger partial charge in [-0.05, 0) is 77.2 Å². The van der Waals surface area contributed by atoms with Crippen molar-refractivity contribution in [3.63, 3.8) is 0 Å². The summed E-state index contributed by atoms with van der Waals surface area (Å²) in [6, 6.07) is 14.5. The molecule has 0 aliphatic heterocycles. The molecule has 0 fully saturated rings. The van der Waals surface area contributed by atoms with Crippen molar-refractivity contribution in [2.24, 2.45) is 0 Å². The zero-order valence-corrected chi connectivity index (χ0v) is 23.3. The minimum absolute atomic E-state index is 0.219. The van der Waals surface area contributed by atoms with Crippen LogP contribution in [0.3, 0.4) is 0 Å². The van der Waals surface area contributed by atoms with Gasteiger partial charge in [-0.25, -0.2) is 0 Å². The van der Waals surface area contributed by atoms with Crippen molar-refractivity contribution in [3.8, 4) is 0 Å². The summed E-state index contributed by atoms with van der Waals surface area (Å²) in [5, 5.41) is 3.47. The van der Waals surface area contributed by atoms with Crippen LogP contribution < -0.4 is 10.4 Å². The molecular weight excluding hydrogens is 392 g/mol. The van der Waals surface area contributed by atoms with E-state index in [-0.39, 0.29) is 5.04 Å². The zero-order valence-electron chi connectivity index (χ0n) is 20.9. The number of aryl methyl sites for hydroxylation is 3. The fraction of sp³-hybridized carbons (Fsp3) is 0.429. The monoisotopic (exact) mass is 432 g/mol. The Morgan fingerprint density at radius 2 is 1.33 bits per heavy atom. The van der Waals surface area contributed by atoms with E-state index in [2.05, 4.69) is 105 Å². The van der Waals surface area contributed by atoms with E-state index in [1.807, 2.05) is 0 Å². The maximum atomic E-state index is 2.58. The standard InChI is InChI=1S/C28H40Si2/c1-18-11-12-20(3)25(13-18)17-28(23(6)21(4)22(5)24(28)7)29-26-14-19(2)15-27(16-26)30(8,9)10/h11-16H,17,29H2,1-10H3. The molecule has 0 aromatic heterocycles. The minimum atomic E-state index is -1.33. The highest BCUT2D eigenvalue weighted by molar-refractivity contribution is 6.89. The number of allylic oxidation sites excluding steroid dienone is 4. The van der Waals surface area contributed by atoms with Gasteiger partial charge in [-0.1, -0.05) is 88.7 Å². The average molecular weight is 433 g/mol. The molecule has 1 aliphatic carbocycles. The summed E-state index contributed by atoms with van der Waals surface area (Å²) >= 11 is 0. The van der Waals surface area contributed by atoms with Crippen LogP contribution in [0, 0.1) is 20.8 Å². The lowest BCUT2D eigenvalue weighted by Crippen LogP contribution is -2.42. The first-order valence-electron chi connectivity index (χ1n) is 11.4. The van der Waals surface area contributed by atoms with Gasteiger partial charge in [0.05, 0.1) is 17.6 Å². The lowest BCUT2D eigenvalue weighted by atomic mass is 9.86. The van der Waals surface area contributed by atoms with E-state index >= 15 is 0 Å². The third kappa shape index (κ3) is 4.22. The Balaban J connectivity index is 2.16. The van der Waals surface area contributed by atoms with Gasteiger partial charge in [-0.2, -0.15) is 0 Å². The van der Waals surface area contributed by atoms with Crippen molar-refractivity contribution in [2.75, 3.05) is 0 Å².